The van der Waals surface area contributed by atoms with E-state index in [1.807, 2.05) is 31.2 Å². The van der Waals surface area contributed by atoms with E-state index in [0.717, 1.165) is 10.0 Å². The van der Waals surface area contributed by atoms with Crippen molar-refractivity contribution in [1.82, 2.24) is 4.90 Å². The number of hydrogen-bond acceptors (Lipinski definition) is 5. The summed E-state index contributed by atoms with van der Waals surface area (Å²) in [5, 5.41) is 0.468. The van der Waals surface area contributed by atoms with Gasteiger partial charge in [0, 0.05) is 4.47 Å². The van der Waals surface area contributed by atoms with Crippen LogP contribution < -0.4 is 0 Å². The average Bonchev–Trinajstić information content (AvgIpc) is 2.94. The van der Waals surface area contributed by atoms with Crippen molar-refractivity contribution in [3.05, 3.63) is 58.2 Å². The molecule has 1 saturated heterocycles. The van der Waals surface area contributed by atoms with Crippen LogP contribution in [0.25, 0.3) is 0 Å². The number of nitrogens with zero attached hydrogens (tertiary/aromatic N) is 2. The lowest BCUT2D eigenvalue weighted by Gasteiger charge is -2.33. The van der Waals surface area contributed by atoms with E-state index in [1.54, 1.807) is 11.8 Å². The summed E-state index contributed by atoms with van der Waals surface area (Å²) in [6.45, 7) is 7.44. The molecule has 1 amide bonds. The first-order valence-corrected chi connectivity index (χ1v) is 9.97. The number of aliphatic imine (C=N–C) groups is 1. The summed E-state index contributed by atoms with van der Waals surface area (Å²) in [6, 6.07) is 7.07. The molecular weight excluding hydrogens is 416 g/mol. The number of halogens is 1. The Bertz CT molecular complexity index is 817. The number of thioether (sulfide) groups is 1. The molecule has 0 saturated carbocycles. The zero-order valence-electron chi connectivity index (χ0n) is 14.6. The maximum Gasteiger partial charge on any atom is 0.338 e. The van der Waals surface area contributed by atoms with Crippen molar-refractivity contribution >= 4 is 44.7 Å². The quantitative estimate of drug-likeness (QED) is 0.514. The summed E-state index contributed by atoms with van der Waals surface area (Å²) in [5.41, 5.74) is 1.81. The molecule has 136 valence electrons. The summed E-state index contributed by atoms with van der Waals surface area (Å²) in [4.78, 5) is 31.8. The number of fused-ring (bicyclic) bond motifs is 1. The molecule has 5 nitrogen and oxygen atoms in total. The number of amides is 1. The van der Waals surface area contributed by atoms with Gasteiger partial charge >= 0.3 is 5.97 Å². The smallest absolute Gasteiger partial charge is 0.338 e. The topological polar surface area (TPSA) is 59.0 Å². The van der Waals surface area contributed by atoms with Crippen LogP contribution in [0.3, 0.4) is 0 Å². The number of amidine groups is 1. The van der Waals surface area contributed by atoms with Crippen molar-refractivity contribution in [1.29, 1.82) is 0 Å². The molecule has 0 aromatic heterocycles. The van der Waals surface area contributed by atoms with Gasteiger partial charge in [0.2, 0.25) is 5.91 Å². The molecule has 0 radical (unpaired) electrons. The van der Waals surface area contributed by atoms with Crippen molar-refractivity contribution in [2.24, 2.45) is 4.99 Å². The van der Waals surface area contributed by atoms with Gasteiger partial charge < -0.3 is 4.74 Å². The van der Waals surface area contributed by atoms with Crippen LogP contribution >= 0.6 is 27.7 Å². The Hall–Kier alpha value is -1.86. The number of hydrogen-bond donors (Lipinski definition) is 0. The minimum atomic E-state index is -0.538. The number of carbonyl (C=O) groups excluding carboxylic acids is 2. The fourth-order valence-electron chi connectivity index (χ4n) is 3.02. The highest BCUT2D eigenvalue weighted by molar-refractivity contribution is 9.10. The Balaban J connectivity index is 2.10. The van der Waals surface area contributed by atoms with Gasteiger partial charge in [-0.3, -0.25) is 9.69 Å². The molecule has 26 heavy (non-hydrogen) atoms. The molecular formula is C19H19BrN2O3S. The molecule has 2 aliphatic heterocycles. The van der Waals surface area contributed by atoms with Gasteiger partial charge in [0.15, 0.2) is 5.17 Å². The molecule has 0 N–H and O–H groups in total. The molecule has 1 fully saturated rings. The lowest BCUT2D eigenvalue weighted by molar-refractivity contribution is -0.139. The number of benzene rings is 1. The van der Waals surface area contributed by atoms with Crippen molar-refractivity contribution in [3.63, 3.8) is 0 Å². The molecule has 3 rings (SSSR count). The lowest BCUT2D eigenvalue weighted by Crippen LogP contribution is -2.40. The van der Waals surface area contributed by atoms with Crippen LogP contribution in [-0.2, 0) is 14.3 Å². The normalized spacial score (nSPS) is 22.2. The second-order valence-corrected chi connectivity index (χ2v) is 8.04. The highest BCUT2D eigenvalue weighted by atomic mass is 79.9. The predicted octanol–water partition coefficient (Wildman–Crippen LogP) is 4.22. The highest BCUT2D eigenvalue weighted by Crippen LogP contribution is 2.44. The SMILES string of the molecule is C=CCOC(=O)C1=C(C)N=C2SC(CC)C(=O)N2C1c1ccc(Br)cc1. The molecule has 2 heterocycles. The zero-order valence-corrected chi connectivity index (χ0v) is 17.0. The van der Waals surface area contributed by atoms with Crippen LogP contribution in [0, 0.1) is 0 Å². The van der Waals surface area contributed by atoms with E-state index in [1.165, 1.54) is 17.8 Å². The summed E-state index contributed by atoms with van der Waals surface area (Å²) < 4.78 is 6.20. The lowest BCUT2D eigenvalue weighted by atomic mass is 9.94. The Kier molecular flexibility index (Phi) is 5.67. The molecule has 2 unspecified atom stereocenters. The van der Waals surface area contributed by atoms with Crippen molar-refractivity contribution in [2.75, 3.05) is 6.61 Å². The Morgan fingerprint density at radius 2 is 2.12 bits per heavy atom. The zero-order chi connectivity index (χ0) is 18.8. The van der Waals surface area contributed by atoms with E-state index >= 15 is 0 Å². The fraction of sp³-hybridized carbons (Fsp3) is 0.316. The van der Waals surface area contributed by atoms with E-state index in [4.69, 9.17) is 4.74 Å². The van der Waals surface area contributed by atoms with Crippen LogP contribution in [0.5, 0.6) is 0 Å². The Morgan fingerprint density at radius 1 is 1.42 bits per heavy atom. The van der Waals surface area contributed by atoms with E-state index in [-0.39, 0.29) is 17.8 Å². The molecule has 2 atom stereocenters. The van der Waals surface area contributed by atoms with Gasteiger partial charge in [-0.25, -0.2) is 9.79 Å². The van der Waals surface area contributed by atoms with Crippen molar-refractivity contribution in [2.45, 2.75) is 31.6 Å². The second-order valence-electron chi connectivity index (χ2n) is 5.96. The van der Waals surface area contributed by atoms with Gasteiger partial charge in [0.25, 0.3) is 0 Å². The largest absolute Gasteiger partial charge is 0.458 e. The van der Waals surface area contributed by atoms with Gasteiger partial charge in [0.05, 0.1) is 22.6 Å². The monoisotopic (exact) mass is 434 g/mol. The molecule has 0 aliphatic carbocycles. The van der Waals surface area contributed by atoms with Crippen LogP contribution in [0.4, 0.5) is 0 Å². The van der Waals surface area contributed by atoms with E-state index in [9.17, 15) is 9.59 Å². The van der Waals surface area contributed by atoms with Gasteiger partial charge in [-0.1, -0.05) is 59.4 Å². The number of esters is 1. The molecule has 2 aliphatic rings. The average molecular weight is 435 g/mol. The maximum atomic E-state index is 12.9. The second kappa shape index (κ2) is 7.80. The van der Waals surface area contributed by atoms with Crippen LogP contribution in [-0.4, -0.2) is 33.8 Å². The van der Waals surface area contributed by atoms with Gasteiger partial charge in [0.1, 0.15) is 6.61 Å². The Labute approximate surface area is 165 Å². The molecule has 1 aromatic carbocycles. The molecule has 0 bridgehead atoms. The fourth-order valence-corrected chi connectivity index (χ4v) is 4.42. The first kappa shape index (κ1) is 18.9. The minimum Gasteiger partial charge on any atom is -0.458 e. The first-order chi connectivity index (χ1) is 12.5. The summed E-state index contributed by atoms with van der Waals surface area (Å²) in [5.74, 6) is -0.499. The third-order valence-electron chi connectivity index (χ3n) is 4.26. The van der Waals surface area contributed by atoms with Crippen LogP contribution in [0.15, 0.2) is 57.7 Å². The van der Waals surface area contributed by atoms with Gasteiger partial charge in [-0.05, 0) is 31.0 Å². The molecule has 0 spiro atoms. The summed E-state index contributed by atoms with van der Waals surface area (Å²) in [6.07, 6.45) is 2.23. The van der Waals surface area contributed by atoms with Crippen LogP contribution in [0.2, 0.25) is 0 Å². The number of rotatable bonds is 5. The predicted molar refractivity (Wildman–Crippen MR) is 107 cm³/mol. The first-order valence-electron chi connectivity index (χ1n) is 8.30. The molecule has 7 heteroatoms. The van der Waals surface area contributed by atoms with E-state index in [2.05, 4.69) is 27.5 Å². The minimum absolute atomic E-state index is 0.0225. The Morgan fingerprint density at radius 3 is 2.73 bits per heavy atom. The van der Waals surface area contributed by atoms with Gasteiger partial charge in [-0.15, -0.1) is 0 Å². The third-order valence-corrected chi connectivity index (χ3v) is 6.11. The van der Waals surface area contributed by atoms with E-state index < -0.39 is 12.0 Å². The third kappa shape index (κ3) is 3.38. The van der Waals surface area contributed by atoms with E-state index in [0.29, 0.717) is 22.9 Å². The summed E-state index contributed by atoms with van der Waals surface area (Å²) in [7, 11) is 0. The molecule has 1 aromatic rings. The number of ether oxygens (including phenoxy) is 1. The maximum absolute atomic E-state index is 12.9. The summed E-state index contributed by atoms with van der Waals surface area (Å²) >= 11 is 4.88. The number of allylic oxidation sites excluding steroid dienone is 1. The van der Waals surface area contributed by atoms with Crippen LogP contribution in [0.1, 0.15) is 31.9 Å². The highest BCUT2D eigenvalue weighted by Gasteiger charge is 2.47. The van der Waals surface area contributed by atoms with Crippen molar-refractivity contribution in [3.8, 4) is 0 Å². The van der Waals surface area contributed by atoms with Gasteiger partial charge in [-0.2, -0.15) is 0 Å². The number of carbonyl (C=O) groups is 2. The van der Waals surface area contributed by atoms with Crippen molar-refractivity contribution < 1.29 is 14.3 Å². The standard InChI is InChI=1S/C19H19BrN2O3S/c1-4-10-25-18(24)15-11(3)21-19-22(17(23)14(5-2)26-19)16(15)12-6-8-13(20)9-7-12/h4,6-9,14,16H,1,5,10H2,2-3H3.